The van der Waals surface area contributed by atoms with Gasteiger partial charge in [-0.25, -0.2) is 0 Å². The highest BCUT2D eigenvalue weighted by molar-refractivity contribution is 5.77. The molecule has 0 saturated heterocycles. The van der Waals surface area contributed by atoms with Gasteiger partial charge in [-0.15, -0.1) is 0 Å². The molecule has 64 valence electrons. The zero-order valence-electron chi connectivity index (χ0n) is 7.16. The molecule has 0 bridgehead atoms. The molecule has 0 spiro atoms. The highest BCUT2D eigenvalue weighted by Gasteiger charge is 2.63. The first-order valence-electron chi connectivity index (χ1n) is 3.74. The summed E-state index contributed by atoms with van der Waals surface area (Å²) in [7, 11) is 0. The molecule has 3 nitrogen and oxygen atoms in total. The molecule has 0 radical (unpaired) electrons. The first-order valence-corrected chi connectivity index (χ1v) is 3.74. The Kier molecular flexibility index (Phi) is 1.72. The molecule has 1 N–H and O–H groups in total. The molecule has 1 aliphatic rings. The van der Waals surface area contributed by atoms with E-state index in [1.54, 1.807) is 0 Å². The average Bonchev–Trinajstić information content (AvgIpc) is 2.52. The monoisotopic (exact) mass is 165 g/mol. The Morgan fingerprint density at radius 1 is 1.58 bits per heavy atom. The number of rotatable bonds is 2. The molecule has 1 saturated carbocycles. The minimum absolute atomic E-state index is 0.167. The van der Waals surface area contributed by atoms with Gasteiger partial charge < -0.3 is 5.11 Å². The summed E-state index contributed by atoms with van der Waals surface area (Å²) in [6, 6.07) is 1.91. The molecule has 1 rings (SSSR count). The van der Waals surface area contributed by atoms with Gasteiger partial charge in [0, 0.05) is 11.5 Å². The second-order valence-electron chi connectivity index (χ2n) is 3.75. The van der Waals surface area contributed by atoms with Crippen molar-refractivity contribution in [2.24, 2.45) is 17.3 Å². The molecule has 0 aromatic heterocycles. The molecule has 2 atom stereocenters. The zero-order valence-corrected chi connectivity index (χ0v) is 7.16. The fourth-order valence-electron chi connectivity index (χ4n) is 1.82. The van der Waals surface area contributed by atoms with Crippen LogP contribution in [0.4, 0.5) is 0 Å². The lowest BCUT2D eigenvalue weighted by molar-refractivity contribution is -0.139. The Bertz CT molecular complexity index is 285. The lowest BCUT2D eigenvalue weighted by Gasteiger charge is -1.97. The number of carboxylic acid groups (broad SMARTS) is 1. The maximum atomic E-state index is 10.7. The van der Waals surface area contributed by atoms with Crippen LogP contribution in [0.1, 0.15) is 13.8 Å². The molecule has 12 heavy (non-hydrogen) atoms. The van der Waals surface area contributed by atoms with Gasteiger partial charge in [-0.05, 0) is 5.41 Å². The number of allylic oxidation sites excluding steroid dienone is 1. The molecular weight excluding hydrogens is 154 g/mol. The third-order valence-electron chi connectivity index (χ3n) is 2.61. The Labute approximate surface area is 71.3 Å². The van der Waals surface area contributed by atoms with E-state index in [2.05, 4.69) is 6.58 Å². The van der Waals surface area contributed by atoms with Crippen LogP contribution in [0.2, 0.25) is 0 Å². The van der Waals surface area contributed by atoms with Crippen molar-refractivity contribution >= 4 is 5.97 Å². The molecule has 0 amide bonds. The lowest BCUT2D eigenvalue weighted by Crippen LogP contribution is -2.03. The van der Waals surface area contributed by atoms with Crippen LogP contribution >= 0.6 is 0 Å². The molecule has 1 fully saturated rings. The van der Waals surface area contributed by atoms with E-state index in [1.165, 1.54) is 0 Å². The smallest absolute Gasteiger partial charge is 0.307 e. The molecule has 0 aliphatic heterocycles. The maximum Gasteiger partial charge on any atom is 0.307 e. The molecule has 0 aromatic rings. The van der Waals surface area contributed by atoms with Gasteiger partial charge in [0.1, 0.15) is 0 Å². The van der Waals surface area contributed by atoms with Crippen LogP contribution in [0.15, 0.2) is 12.2 Å². The van der Waals surface area contributed by atoms with E-state index in [1.807, 2.05) is 19.9 Å². The third kappa shape index (κ3) is 1.00. The van der Waals surface area contributed by atoms with Crippen molar-refractivity contribution in [2.45, 2.75) is 13.8 Å². The van der Waals surface area contributed by atoms with E-state index in [0.717, 1.165) is 0 Å². The topological polar surface area (TPSA) is 61.1 Å². The summed E-state index contributed by atoms with van der Waals surface area (Å²) in [5, 5.41) is 17.3. The largest absolute Gasteiger partial charge is 0.481 e. The zero-order chi connectivity index (χ0) is 9.52. The van der Waals surface area contributed by atoms with E-state index in [4.69, 9.17) is 10.4 Å². The summed E-state index contributed by atoms with van der Waals surface area (Å²) in [5.74, 6) is -1.42. The molecular formula is C9H11NO2. The highest BCUT2D eigenvalue weighted by Crippen LogP contribution is 2.61. The summed E-state index contributed by atoms with van der Waals surface area (Å²) >= 11 is 0. The maximum absolute atomic E-state index is 10.7. The second kappa shape index (κ2) is 2.34. The van der Waals surface area contributed by atoms with E-state index in [9.17, 15) is 4.79 Å². The van der Waals surface area contributed by atoms with Crippen LogP contribution in [0, 0.1) is 28.6 Å². The number of hydrogen-bond donors (Lipinski definition) is 1. The van der Waals surface area contributed by atoms with Crippen molar-refractivity contribution in [1.29, 1.82) is 5.26 Å². The number of carboxylic acids is 1. The number of aliphatic carboxylic acids is 1. The van der Waals surface area contributed by atoms with Crippen LogP contribution in [-0.4, -0.2) is 11.1 Å². The minimum atomic E-state index is -0.832. The average molecular weight is 165 g/mol. The van der Waals surface area contributed by atoms with Gasteiger partial charge in [-0.2, -0.15) is 5.26 Å². The summed E-state index contributed by atoms with van der Waals surface area (Å²) in [5.41, 5.74) is 0.0888. The number of nitrogens with zero attached hydrogens (tertiary/aromatic N) is 1. The fourth-order valence-corrected chi connectivity index (χ4v) is 1.82. The van der Waals surface area contributed by atoms with Gasteiger partial charge in [0.25, 0.3) is 0 Å². The number of carbonyl (C=O) groups is 1. The normalized spacial score (nSPS) is 30.4. The van der Waals surface area contributed by atoms with Crippen LogP contribution < -0.4 is 0 Å². The summed E-state index contributed by atoms with van der Waals surface area (Å²) in [6.07, 6.45) is 0. The lowest BCUT2D eigenvalue weighted by atomic mass is 10.1. The van der Waals surface area contributed by atoms with E-state index < -0.39 is 11.9 Å². The summed E-state index contributed by atoms with van der Waals surface area (Å²) in [4.78, 5) is 10.7. The molecule has 3 heteroatoms. The Hall–Kier alpha value is -1.30. The fraction of sp³-hybridized carbons (Fsp3) is 0.556. The number of hydrogen-bond acceptors (Lipinski definition) is 2. The minimum Gasteiger partial charge on any atom is -0.481 e. The first kappa shape index (κ1) is 8.79. The van der Waals surface area contributed by atoms with Crippen molar-refractivity contribution in [2.75, 3.05) is 0 Å². The molecule has 2 unspecified atom stereocenters. The standard InChI is InChI=1S/C9H11NO2/c1-5(4-10)6-7(8(11)12)9(6,2)3/h6-7H,1H2,2-3H3,(H,11,12). The quantitative estimate of drug-likeness (QED) is 0.629. The van der Waals surface area contributed by atoms with Gasteiger partial charge in [-0.1, -0.05) is 20.4 Å². The SMILES string of the molecule is C=C(C#N)C1C(C(=O)O)C1(C)C. The van der Waals surface area contributed by atoms with Crippen LogP contribution in [-0.2, 0) is 4.79 Å². The van der Waals surface area contributed by atoms with Crippen molar-refractivity contribution in [3.8, 4) is 6.07 Å². The first-order chi connectivity index (χ1) is 5.42. The number of nitriles is 1. The predicted molar refractivity (Wildman–Crippen MR) is 43.1 cm³/mol. The summed E-state index contributed by atoms with van der Waals surface area (Å²) < 4.78 is 0. The molecule has 1 aliphatic carbocycles. The Morgan fingerprint density at radius 2 is 2.08 bits per heavy atom. The van der Waals surface area contributed by atoms with Gasteiger partial charge in [0.2, 0.25) is 0 Å². The molecule has 0 aromatic carbocycles. The van der Waals surface area contributed by atoms with E-state index >= 15 is 0 Å². The van der Waals surface area contributed by atoms with Crippen molar-refractivity contribution in [3.63, 3.8) is 0 Å². The van der Waals surface area contributed by atoms with Crippen molar-refractivity contribution in [3.05, 3.63) is 12.2 Å². The summed E-state index contributed by atoms with van der Waals surface area (Å²) in [6.45, 7) is 7.23. The third-order valence-corrected chi connectivity index (χ3v) is 2.61. The van der Waals surface area contributed by atoms with Gasteiger partial charge >= 0.3 is 5.97 Å². The van der Waals surface area contributed by atoms with Crippen molar-refractivity contribution in [1.82, 2.24) is 0 Å². The van der Waals surface area contributed by atoms with Gasteiger partial charge in [-0.3, -0.25) is 4.79 Å². The van der Waals surface area contributed by atoms with Crippen LogP contribution in [0.3, 0.4) is 0 Å². The van der Waals surface area contributed by atoms with E-state index in [0.29, 0.717) is 5.57 Å². The molecule has 0 heterocycles. The van der Waals surface area contributed by atoms with Crippen LogP contribution in [0.25, 0.3) is 0 Å². The predicted octanol–water partition coefficient (Wildman–Crippen LogP) is 1.42. The van der Waals surface area contributed by atoms with E-state index in [-0.39, 0.29) is 11.3 Å². The van der Waals surface area contributed by atoms with Crippen molar-refractivity contribution < 1.29 is 9.90 Å². The van der Waals surface area contributed by atoms with Gasteiger partial charge in [0.05, 0.1) is 12.0 Å². The Morgan fingerprint density at radius 3 is 2.33 bits per heavy atom. The van der Waals surface area contributed by atoms with Gasteiger partial charge in [0.15, 0.2) is 0 Å². The second-order valence-corrected chi connectivity index (χ2v) is 3.75. The Balaban J connectivity index is 2.81. The van der Waals surface area contributed by atoms with Crippen LogP contribution in [0.5, 0.6) is 0 Å². The highest BCUT2D eigenvalue weighted by atomic mass is 16.4.